The molecule has 2 rings (SSSR count). The number of ether oxygens (including phenoxy) is 1. The molecule has 1 amide bonds. The van der Waals surface area contributed by atoms with Gasteiger partial charge >= 0.3 is 5.69 Å². The van der Waals surface area contributed by atoms with E-state index in [0.717, 1.165) is 15.8 Å². The van der Waals surface area contributed by atoms with Crippen molar-refractivity contribution in [2.24, 2.45) is 0 Å². The average molecular weight is 418 g/mol. The van der Waals surface area contributed by atoms with Gasteiger partial charge in [0.05, 0.1) is 19.4 Å². The van der Waals surface area contributed by atoms with Gasteiger partial charge < -0.3 is 9.16 Å². The summed E-state index contributed by atoms with van der Waals surface area (Å²) >= 11 is 0. The van der Waals surface area contributed by atoms with Crippen LogP contribution in [-0.4, -0.2) is 55.2 Å². The Morgan fingerprint density at radius 2 is 2.00 bits per heavy atom. The SMILES string of the molecule is CON(C)C(=O)[C@H]1O[C@@H](n2cc(F)c(=O)[nH]c2=O)C[C@@H]1O[Si](C)(C)C(C)(C)C. The Kier molecular flexibility index (Phi) is 6.33. The number of nitrogens with one attached hydrogen (secondary N) is 1. The van der Waals surface area contributed by atoms with Gasteiger partial charge in [-0.25, -0.2) is 9.86 Å². The number of aromatic nitrogens is 2. The highest BCUT2D eigenvalue weighted by Crippen LogP contribution is 2.41. The van der Waals surface area contributed by atoms with Crippen LogP contribution >= 0.6 is 0 Å². The maximum atomic E-state index is 13.7. The molecule has 0 saturated carbocycles. The summed E-state index contributed by atoms with van der Waals surface area (Å²) in [6, 6.07) is 0. The van der Waals surface area contributed by atoms with Crippen LogP contribution in [0.4, 0.5) is 4.39 Å². The van der Waals surface area contributed by atoms with Crippen molar-refractivity contribution in [1.82, 2.24) is 14.6 Å². The molecule has 1 aromatic heterocycles. The molecule has 1 aliphatic heterocycles. The summed E-state index contributed by atoms with van der Waals surface area (Å²) in [6.07, 6.45) is -1.73. The van der Waals surface area contributed by atoms with E-state index in [4.69, 9.17) is 14.0 Å². The number of carbonyl (C=O) groups is 1. The third kappa shape index (κ3) is 4.42. The first-order valence-corrected chi connectivity index (χ1v) is 11.8. The van der Waals surface area contributed by atoms with Gasteiger partial charge in [-0.3, -0.25) is 24.0 Å². The molecule has 3 atom stereocenters. The number of halogens is 1. The maximum absolute atomic E-state index is 13.7. The standard InChI is InChI=1S/C17H28FN3O6Si/c1-17(2,3)28(6,7)27-11-8-12(26-13(11)15(23)20(4)25-5)21-9-10(18)14(22)19-16(21)24/h9,11-13H,8H2,1-7H3,(H,19,22,24)/t11-,12+,13-/m0/s1. The fourth-order valence-electron chi connectivity index (χ4n) is 2.64. The van der Waals surface area contributed by atoms with E-state index in [1.54, 1.807) is 0 Å². The highest BCUT2D eigenvalue weighted by atomic mass is 28.4. The molecule has 0 spiro atoms. The van der Waals surface area contributed by atoms with Crippen LogP contribution in [0.25, 0.3) is 0 Å². The Morgan fingerprint density at radius 3 is 2.54 bits per heavy atom. The second-order valence-corrected chi connectivity index (χ2v) is 13.1. The topological polar surface area (TPSA) is 103 Å². The molecule has 158 valence electrons. The van der Waals surface area contributed by atoms with Crippen molar-refractivity contribution in [2.45, 2.75) is 63.8 Å². The largest absolute Gasteiger partial charge is 0.411 e. The molecule has 0 aliphatic carbocycles. The number of H-pyrrole nitrogens is 1. The van der Waals surface area contributed by atoms with Crippen LogP contribution in [-0.2, 0) is 18.8 Å². The fourth-order valence-corrected chi connectivity index (χ4v) is 3.97. The van der Waals surface area contributed by atoms with Gasteiger partial charge in [-0.2, -0.15) is 4.39 Å². The normalized spacial score (nSPS) is 23.1. The number of likely N-dealkylation sites (N-methyl/N-ethyl adjacent to an activating group) is 1. The summed E-state index contributed by atoms with van der Waals surface area (Å²) < 4.78 is 26.8. The molecule has 0 aromatic carbocycles. The first-order chi connectivity index (χ1) is 12.8. The molecule has 0 radical (unpaired) electrons. The molecule has 0 bridgehead atoms. The fraction of sp³-hybridized carbons (Fsp3) is 0.706. The number of nitrogens with zero attached hydrogens (tertiary/aromatic N) is 2. The third-order valence-electron chi connectivity index (χ3n) is 5.39. The lowest BCUT2D eigenvalue weighted by Gasteiger charge is -2.39. The molecular weight excluding hydrogens is 389 g/mol. The molecule has 1 saturated heterocycles. The number of amides is 1. The highest BCUT2D eigenvalue weighted by molar-refractivity contribution is 6.74. The number of hydrogen-bond donors (Lipinski definition) is 1. The van der Waals surface area contributed by atoms with Gasteiger partial charge in [0.2, 0.25) is 5.82 Å². The zero-order valence-electron chi connectivity index (χ0n) is 17.2. The van der Waals surface area contributed by atoms with Crippen LogP contribution in [0.15, 0.2) is 15.8 Å². The quantitative estimate of drug-likeness (QED) is 0.573. The lowest BCUT2D eigenvalue weighted by atomic mass is 10.1. The van der Waals surface area contributed by atoms with Gasteiger partial charge in [0.25, 0.3) is 11.5 Å². The van der Waals surface area contributed by atoms with Crippen molar-refractivity contribution in [1.29, 1.82) is 0 Å². The van der Waals surface area contributed by atoms with Crippen molar-refractivity contribution in [2.75, 3.05) is 14.2 Å². The number of carbonyl (C=O) groups excluding carboxylic acids is 1. The van der Waals surface area contributed by atoms with Gasteiger partial charge in [-0.1, -0.05) is 20.8 Å². The van der Waals surface area contributed by atoms with Crippen LogP contribution in [0.2, 0.25) is 18.1 Å². The highest BCUT2D eigenvalue weighted by Gasteiger charge is 2.48. The van der Waals surface area contributed by atoms with Crippen molar-refractivity contribution in [3.63, 3.8) is 0 Å². The molecule has 1 aromatic rings. The predicted octanol–water partition coefficient (Wildman–Crippen LogP) is 1.37. The van der Waals surface area contributed by atoms with E-state index < -0.39 is 49.7 Å². The van der Waals surface area contributed by atoms with Crippen LogP contribution in [0.5, 0.6) is 0 Å². The molecule has 28 heavy (non-hydrogen) atoms. The Hall–Kier alpha value is -1.82. The third-order valence-corrected chi connectivity index (χ3v) is 9.89. The van der Waals surface area contributed by atoms with Gasteiger partial charge in [0, 0.05) is 13.5 Å². The van der Waals surface area contributed by atoms with Crippen molar-refractivity contribution >= 4 is 14.2 Å². The van der Waals surface area contributed by atoms with E-state index in [0.29, 0.717) is 0 Å². The summed E-state index contributed by atoms with van der Waals surface area (Å²) in [7, 11) is 0.504. The second kappa shape index (κ2) is 7.89. The van der Waals surface area contributed by atoms with E-state index in [2.05, 4.69) is 20.8 Å². The maximum Gasteiger partial charge on any atom is 0.330 e. The van der Waals surface area contributed by atoms with Crippen LogP contribution in [0.1, 0.15) is 33.4 Å². The smallest absolute Gasteiger partial charge is 0.330 e. The van der Waals surface area contributed by atoms with E-state index in [-0.39, 0.29) is 11.5 Å². The summed E-state index contributed by atoms with van der Waals surface area (Å²) in [5.74, 6) is -1.60. The Morgan fingerprint density at radius 1 is 1.39 bits per heavy atom. The number of hydroxylamine groups is 2. The van der Waals surface area contributed by atoms with E-state index >= 15 is 0 Å². The molecule has 1 fully saturated rings. The Balaban J connectivity index is 2.39. The minimum absolute atomic E-state index is 0.118. The molecular formula is C17H28FN3O6Si. The van der Waals surface area contributed by atoms with Gasteiger partial charge in [0.15, 0.2) is 14.4 Å². The number of hydrogen-bond acceptors (Lipinski definition) is 6. The summed E-state index contributed by atoms with van der Waals surface area (Å²) in [6.45, 7) is 10.3. The lowest BCUT2D eigenvalue weighted by Crippen LogP contribution is -2.49. The number of aromatic amines is 1. The second-order valence-electron chi connectivity index (χ2n) is 8.33. The van der Waals surface area contributed by atoms with Crippen LogP contribution in [0.3, 0.4) is 0 Å². The zero-order valence-corrected chi connectivity index (χ0v) is 18.2. The monoisotopic (exact) mass is 417 g/mol. The van der Waals surface area contributed by atoms with Gasteiger partial charge in [-0.05, 0) is 18.1 Å². The summed E-state index contributed by atoms with van der Waals surface area (Å²) in [5.41, 5.74) is -1.93. The van der Waals surface area contributed by atoms with E-state index in [1.807, 2.05) is 18.1 Å². The molecule has 2 heterocycles. The van der Waals surface area contributed by atoms with E-state index in [9.17, 15) is 18.8 Å². The first-order valence-electron chi connectivity index (χ1n) is 8.94. The van der Waals surface area contributed by atoms with Crippen LogP contribution < -0.4 is 11.2 Å². The minimum atomic E-state index is -2.28. The van der Waals surface area contributed by atoms with E-state index in [1.165, 1.54) is 14.2 Å². The zero-order chi connectivity index (χ0) is 21.4. The van der Waals surface area contributed by atoms with Crippen molar-refractivity contribution in [3.8, 4) is 0 Å². The Bertz CT molecular complexity index is 847. The molecule has 0 unspecified atom stereocenters. The van der Waals surface area contributed by atoms with Crippen molar-refractivity contribution in [3.05, 3.63) is 32.9 Å². The molecule has 1 N–H and O–H groups in total. The van der Waals surface area contributed by atoms with Crippen molar-refractivity contribution < 1.29 is 23.2 Å². The minimum Gasteiger partial charge on any atom is -0.411 e. The average Bonchev–Trinajstić information content (AvgIpc) is 2.98. The molecule has 11 heteroatoms. The van der Waals surface area contributed by atoms with Gasteiger partial charge in [0.1, 0.15) is 6.23 Å². The first kappa shape index (κ1) is 22.5. The van der Waals surface area contributed by atoms with Gasteiger partial charge in [-0.15, -0.1) is 0 Å². The predicted molar refractivity (Wildman–Crippen MR) is 102 cm³/mol. The summed E-state index contributed by atoms with van der Waals surface area (Å²) in [5, 5.41) is 0.901. The Labute approximate surface area is 163 Å². The van der Waals surface area contributed by atoms with Crippen LogP contribution in [0, 0.1) is 5.82 Å². The number of rotatable bonds is 5. The summed E-state index contributed by atoms with van der Waals surface area (Å²) in [4.78, 5) is 42.9. The molecule has 1 aliphatic rings. The lowest BCUT2D eigenvalue weighted by molar-refractivity contribution is -0.184. The molecule has 9 nitrogen and oxygen atoms in total.